The molecule has 0 aliphatic carbocycles. The molecule has 2 N–H and O–H groups in total. The first-order valence-corrected chi connectivity index (χ1v) is 5.06. The molecule has 0 unspecified atom stereocenters. The third-order valence-electron chi connectivity index (χ3n) is 1.68. The van der Waals surface area contributed by atoms with Gasteiger partial charge in [-0.25, -0.2) is 0 Å². The molecule has 0 aromatic heterocycles. The van der Waals surface area contributed by atoms with E-state index >= 15 is 0 Å². The molecular weight excluding hydrogens is 184 g/mol. The van der Waals surface area contributed by atoms with Crippen molar-refractivity contribution in [3.8, 4) is 5.75 Å². The fraction of sp³-hybridized carbons (Fsp3) is 0.222. The summed E-state index contributed by atoms with van der Waals surface area (Å²) >= 11 is 1.70. The van der Waals surface area contributed by atoms with E-state index < -0.39 is 0 Å². The van der Waals surface area contributed by atoms with Gasteiger partial charge in [-0.2, -0.15) is 0 Å². The van der Waals surface area contributed by atoms with Crippen LogP contribution in [-0.4, -0.2) is 22.6 Å². The Bertz CT molecular complexity index is 338. The SMILES string of the molecule is Oc1cccc(NC2=NCCS2)c1. The number of benzene rings is 1. The molecule has 1 aromatic carbocycles. The van der Waals surface area contributed by atoms with Crippen LogP contribution in [0.3, 0.4) is 0 Å². The van der Waals surface area contributed by atoms with E-state index in [0.29, 0.717) is 0 Å². The van der Waals surface area contributed by atoms with E-state index in [1.165, 1.54) is 0 Å². The second-order valence-corrected chi connectivity index (χ2v) is 3.79. The number of thioether (sulfide) groups is 1. The molecule has 0 radical (unpaired) electrons. The zero-order valence-electron chi connectivity index (χ0n) is 7.03. The third kappa shape index (κ3) is 2.15. The van der Waals surface area contributed by atoms with Crippen molar-refractivity contribution in [3.63, 3.8) is 0 Å². The summed E-state index contributed by atoms with van der Waals surface area (Å²) in [5, 5.41) is 13.3. The highest BCUT2D eigenvalue weighted by Crippen LogP contribution is 2.19. The van der Waals surface area contributed by atoms with Gasteiger partial charge in [-0.3, -0.25) is 4.99 Å². The molecule has 0 bridgehead atoms. The maximum Gasteiger partial charge on any atom is 0.161 e. The lowest BCUT2D eigenvalue weighted by Crippen LogP contribution is -2.04. The average Bonchev–Trinajstić information content (AvgIpc) is 2.57. The Kier molecular flexibility index (Phi) is 2.40. The van der Waals surface area contributed by atoms with Crippen molar-refractivity contribution in [2.24, 2.45) is 4.99 Å². The minimum Gasteiger partial charge on any atom is -0.508 e. The molecule has 1 heterocycles. The van der Waals surface area contributed by atoms with Crippen molar-refractivity contribution < 1.29 is 5.11 Å². The molecule has 0 saturated carbocycles. The van der Waals surface area contributed by atoms with Gasteiger partial charge in [0.2, 0.25) is 0 Å². The van der Waals surface area contributed by atoms with Gasteiger partial charge in [0.05, 0.1) is 6.54 Å². The van der Waals surface area contributed by atoms with Crippen LogP contribution in [0.15, 0.2) is 29.3 Å². The zero-order valence-corrected chi connectivity index (χ0v) is 7.84. The zero-order chi connectivity index (χ0) is 9.10. The molecule has 13 heavy (non-hydrogen) atoms. The van der Waals surface area contributed by atoms with Crippen molar-refractivity contribution in [3.05, 3.63) is 24.3 Å². The van der Waals surface area contributed by atoms with Gasteiger partial charge in [-0.15, -0.1) is 0 Å². The Balaban J connectivity index is 2.09. The molecule has 68 valence electrons. The predicted octanol–water partition coefficient (Wildman–Crippen LogP) is 1.91. The van der Waals surface area contributed by atoms with E-state index in [2.05, 4.69) is 10.3 Å². The fourth-order valence-corrected chi connectivity index (χ4v) is 1.87. The molecule has 0 spiro atoms. The molecule has 0 atom stereocenters. The Morgan fingerprint density at radius 3 is 3.08 bits per heavy atom. The molecule has 2 rings (SSSR count). The van der Waals surface area contributed by atoms with E-state index in [1.54, 1.807) is 30.0 Å². The summed E-state index contributed by atoms with van der Waals surface area (Å²) in [6.07, 6.45) is 0. The standard InChI is InChI=1S/C9H10N2OS/c12-8-3-1-2-7(6-8)11-9-10-4-5-13-9/h1-3,6,12H,4-5H2,(H,10,11). The second-order valence-electron chi connectivity index (χ2n) is 2.71. The van der Waals surface area contributed by atoms with Crippen LogP contribution in [0.2, 0.25) is 0 Å². The van der Waals surface area contributed by atoms with E-state index in [9.17, 15) is 5.11 Å². The van der Waals surface area contributed by atoms with Gasteiger partial charge in [0.15, 0.2) is 5.17 Å². The second kappa shape index (κ2) is 3.70. The number of phenols is 1. The molecular formula is C9H10N2OS. The largest absolute Gasteiger partial charge is 0.508 e. The molecule has 4 heteroatoms. The van der Waals surface area contributed by atoms with Crippen molar-refractivity contribution in [2.75, 3.05) is 17.6 Å². The van der Waals surface area contributed by atoms with Crippen LogP contribution in [0.4, 0.5) is 5.69 Å². The number of anilines is 1. The Labute approximate surface area is 80.9 Å². The van der Waals surface area contributed by atoms with Gasteiger partial charge in [-0.05, 0) is 12.1 Å². The van der Waals surface area contributed by atoms with Crippen LogP contribution < -0.4 is 5.32 Å². The van der Waals surface area contributed by atoms with Gasteiger partial charge in [-0.1, -0.05) is 17.8 Å². The lowest BCUT2D eigenvalue weighted by atomic mass is 10.3. The summed E-state index contributed by atoms with van der Waals surface area (Å²) in [5.41, 5.74) is 0.883. The van der Waals surface area contributed by atoms with Crippen LogP contribution in [0.25, 0.3) is 0 Å². The van der Waals surface area contributed by atoms with Crippen LogP contribution in [0.5, 0.6) is 5.75 Å². The number of rotatable bonds is 1. The molecule has 1 aliphatic heterocycles. The van der Waals surface area contributed by atoms with Gasteiger partial charge in [0.25, 0.3) is 0 Å². The maximum absolute atomic E-state index is 9.20. The Morgan fingerprint density at radius 1 is 1.46 bits per heavy atom. The highest BCUT2D eigenvalue weighted by atomic mass is 32.2. The average molecular weight is 194 g/mol. The quantitative estimate of drug-likeness (QED) is 0.717. The first kappa shape index (κ1) is 8.44. The maximum atomic E-state index is 9.20. The minimum absolute atomic E-state index is 0.272. The number of aromatic hydroxyl groups is 1. The van der Waals surface area contributed by atoms with Crippen LogP contribution in [0, 0.1) is 0 Å². The number of aliphatic imine (C=N–C) groups is 1. The molecule has 1 aromatic rings. The molecule has 1 aliphatic rings. The molecule has 0 fully saturated rings. The first-order valence-electron chi connectivity index (χ1n) is 4.08. The fourth-order valence-electron chi connectivity index (χ4n) is 1.12. The number of nitrogens with zero attached hydrogens (tertiary/aromatic N) is 1. The summed E-state index contributed by atoms with van der Waals surface area (Å²) in [4.78, 5) is 4.25. The lowest BCUT2D eigenvalue weighted by molar-refractivity contribution is 0.475. The van der Waals surface area contributed by atoms with E-state index in [1.807, 2.05) is 6.07 Å². The molecule has 3 nitrogen and oxygen atoms in total. The number of nitrogens with one attached hydrogen (secondary N) is 1. The summed E-state index contributed by atoms with van der Waals surface area (Å²) < 4.78 is 0. The van der Waals surface area contributed by atoms with Gasteiger partial charge in [0.1, 0.15) is 5.75 Å². The number of phenolic OH excluding ortho intramolecular Hbond substituents is 1. The smallest absolute Gasteiger partial charge is 0.161 e. The molecule has 0 amide bonds. The summed E-state index contributed by atoms with van der Waals surface area (Å²) in [6, 6.07) is 7.04. The van der Waals surface area contributed by atoms with Crippen molar-refractivity contribution in [1.29, 1.82) is 0 Å². The van der Waals surface area contributed by atoms with Crippen LogP contribution in [-0.2, 0) is 0 Å². The Hall–Kier alpha value is -1.16. The molecule has 0 saturated heterocycles. The topological polar surface area (TPSA) is 44.6 Å². The van der Waals surface area contributed by atoms with Crippen molar-refractivity contribution in [2.45, 2.75) is 0 Å². The third-order valence-corrected chi connectivity index (χ3v) is 2.57. The first-order chi connectivity index (χ1) is 6.34. The predicted molar refractivity (Wildman–Crippen MR) is 56.5 cm³/mol. The van der Waals surface area contributed by atoms with Crippen LogP contribution >= 0.6 is 11.8 Å². The van der Waals surface area contributed by atoms with Gasteiger partial charge >= 0.3 is 0 Å². The summed E-state index contributed by atoms with van der Waals surface area (Å²) in [5.74, 6) is 1.31. The van der Waals surface area contributed by atoms with E-state index in [4.69, 9.17) is 0 Å². The monoisotopic (exact) mass is 194 g/mol. The minimum atomic E-state index is 0.272. The van der Waals surface area contributed by atoms with E-state index in [-0.39, 0.29) is 5.75 Å². The number of hydrogen-bond acceptors (Lipinski definition) is 4. The highest BCUT2D eigenvalue weighted by Gasteiger charge is 2.06. The number of hydrogen-bond donors (Lipinski definition) is 2. The number of amidine groups is 1. The normalized spacial score (nSPS) is 15.5. The summed E-state index contributed by atoms with van der Waals surface area (Å²) in [7, 11) is 0. The highest BCUT2D eigenvalue weighted by molar-refractivity contribution is 8.14. The lowest BCUT2D eigenvalue weighted by Gasteiger charge is -2.04. The van der Waals surface area contributed by atoms with E-state index in [0.717, 1.165) is 23.2 Å². The van der Waals surface area contributed by atoms with Crippen molar-refractivity contribution >= 4 is 22.6 Å². The van der Waals surface area contributed by atoms with Crippen molar-refractivity contribution in [1.82, 2.24) is 0 Å². The van der Waals surface area contributed by atoms with Gasteiger partial charge < -0.3 is 10.4 Å². The van der Waals surface area contributed by atoms with Gasteiger partial charge in [0, 0.05) is 17.5 Å². The summed E-state index contributed by atoms with van der Waals surface area (Å²) in [6.45, 7) is 0.881. The Morgan fingerprint density at radius 2 is 2.38 bits per heavy atom. The van der Waals surface area contributed by atoms with Crippen LogP contribution in [0.1, 0.15) is 0 Å².